The fourth-order valence-electron chi connectivity index (χ4n) is 3.80. The molecule has 11 heteroatoms. The number of piperazine rings is 1. The first-order chi connectivity index (χ1) is 15.7. The topological polar surface area (TPSA) is 91.3 Å². The van der Waals surface area contributed by atoms with Crippen LogP contribution in [0.25, 0.3) is 5.69 Å². The number of rotatable bonds is 4. The number of likely N-dealkylation sites (N-methyl/N-ethyl adjacent to an activating group) is 1. The molecule has 33 heavy (non-hydrogen) atoms. The largest absolute Gasteiger partial charge is 0.349 e. The molecule has 1 unspecified atom stereocenters. The molecule has 1 aliphatic rings. The van der Waals surface area contributed by atoms with Crippen LogP contribution in [0.2, 0.25) is 15.1 Å². The lowest BCUT2D eigenvalue weighted by molar-refractivity contribution is -0.133. The number of halogens is 3. The molecule has 0 radical (unpaired) electrons. The van der Waals surface area contributed by atoms with Crippen LogP contribution >= 0.6 is 34.8 Å². The Morgan fingerprint density at radius 1 is 1.00 bits per heavy atom. The van der Waals surface area contributed by atoms with Crippen molar-refractivity contribution in [3.05, 3.63) is 89.6 Å². The van der Waals surface area contributed by atoms with Crippen LogP contribution in [0.3, 0.4) is 0 Å². The van der Waals surface area contributed by atoms with Gasteiger partial charge in [0.05, 0.1) is 11.6 Å². The van der Waals surface area contributed by atoms with E-state index in [9.17, 15) is 14.4 Å². The van der Waals surface area contributed by atoms with Crippen LogP contribution in [0.5, 0.6) is 0 Å². The first-order valence-electron chi connectivity index (χ1n) is 10.2. The zero-order chi connectivity index (χ0) is 23.7. The van der Waals surface area contributed by atoms with E-state index in [2.05, 4.69) is 15.0 Å². The number of nitrogens with zero attached hydrogens (tertiary/aromatic N) is 4. The van der Waals surface area contributed by atoms with Gasteiger partial charge in [-0.2, -0.15) is 9.78 Å². The summed E-state index contributed by atoms with van der Waals surface area (Å²) in [5.74, 6) is -0.888. The standard InChI is InChI=1S/C22H20Cl3N5O3/c1-28-6-8-29(9-7-28)21(32)19(13-2-4-14(23)5-3-13)20-16(24)10-15(11-17(20)25)30-22(33)27-18(31)12-26-30/h2-5,10-12,19H,6-9H2,1H3,(H,27,31,33). The van der Waals surface area contributed by atoms with E-state index in [0.717, 1.165) is 24.0 Å². The van der Waals surface area contributed by atoms with Crippen LogP contribution in [0.15, 0.2) is 52.2 Å². The average molecular weight is 509 g/mol. The zero-order valence-corrected chi connectivity index (χ0v) is 19.9. The summed E-state index contributed by atoms with van der Waals surface area (Å²) in [5.41, 5.74) is 0.0257. The minimum atomic E-state index is -0.764. The van der Waals surface area contributed by atoms with Gasteiger partial charge in [-0.3, -0.25) is 14.6 Å². The van der Waals surface area contributed by atoms with Crippen molar-refractivity contribution < 1.29 is 4.79 Å². The molecule has 1 amide bonds. The first-order valence-corrected chi connectivity index (χ1v) is 11.3. The van der Waals surface area contributed by atoms with E-state index < -0.39 is 17.2 Å². The molecule has 172 valence electrons. The molecule has 1 saturated heterocycles. The molecule has 1 fully saturated rings. The van der Waals surface area contributed by atoms with Crippen LogP contribution in [0.4, 0.5) is 0 Å². The smallest absolute Gasteiger partial charge is 0.339 e. The Bertz CT molecular complexity index is 1270. The van der Waals surface area contributed by atoms with Crippen molar-refractivity contribution in [3.63, 3.8) is 0 Å². The summed E-state index contributed by atoms with van der Waals surface area (Å²) in [4.78, 5) is 43.3. The maximum atomic E-state index is 13.7. The third-order valence-corrected chi connectivity index (χ3v) is 6.45. The molecule has 8 nitrogen and oxygen atoms in total. The highest BCUT2D eigenvalue weighted by Gasteiger charge is 2.32. The van der Waals surface area contributed by atoms with E-state index in [4.69, 9.17) is 34.8 Å². The van der Waals surface area contributed by atoms with Crippen LogP contribution < -0.4 is 11.2 Å². The van der Waals surface area contributed by atoms with Crippen molar-refractivity contribution in [2.75, 3.05) is 33.2 Å². The number of aromatic amines is 1. The molecule has 0 spiro atoms. The Balaban J connectivity index is 1.81. The lowest BCUT2D eigenvalue weighted by Gasteiger charge is -2.35. The molecule has 3 aromatic rings. The predicted molar refractivity (Wildman–Crippen MR) is 128 cm³/mol. The van der Waals surface area contributed by atoms with Gasteiger partial charge in [0.25, 0.3) is 5.56 Å². The number of benzene rings is 2. The molecule has 1 atom stereocenters. The highest BCUT2D eigenvalue weighted by atomic mass is 35.5. The summed E-state index contributed by atoms with van der Waals surface area (Å²) >= 11 is 19.4. The molecule has 4 rings (SSSR count). The fourth-order valence-corrected chi connectivity index (χ4v) is 4.62. The van der Waals surface area contributed by atoms with Crippen LogP contribution in [-0.2, 0) is 4.79 Å². The van der Waals surface area contributed by atoms with Gasteiger partial charge in [0.15, 0.2) is 0 Å². The Hall–Kier alpha value is -2.65. The lowest BCUT2D eigenvalue weighted by atomic mass is 9.89. The summed E-state index contributed by atoms with van der Waals surface area (Å²) in [6.07, 6.45) is 0.977. The Labute approximate surface area is 204 Å². The summed E-state index contributed by atoms with van der Waals surface area (Å²) in [5, 5.41) is 4.77. The van der Waals surface area contributed by atoms with E-state index in [1.807, 2.05) is 7.05 Å². The van der Waals surface area contributed by atoms with Gasteiger partial charge in [0.1, 0.15) is 6.20 Å². The average Bonchev–Trinajstić information content (AvgIpc) is 2.77. The van der Waals surface area contributed by atoms with E-state index >= 15 is 0 Å². The second kappa shape index (κ2) is 9.69. The number of carbonyl (C=O) groups excluding carboxylic acids is 1. The summed E-state index contributed by atoms with van der Waals surface area (Å²) < 4.78 is 0.975. The third-order valence-electron chi connectivity index (χ3n) is 5.58. The van der Waals surface area contributed by atoms with Crippen LogP contribution in [0.1, 0.15) is 17.0 Å². The van der Waals surface area contributed by atoms with E-state index in [1.54, 1.807) is 29.2 Å². The molecular weight excluding hydrogens is 489 g/mol. The van der Waals surface area contributed by atoms with Crippen LogP contribution in [0, 0.1) is 0 Å². The molecule has 0 saturated carbocycles. The number of aromatic nitrogens is 3. The Morgan fingerprint density at radius 2 is 1.61 bits per heavy atom. The maximum absolute atomic E-state index is 13.7. The van der Waals surface area contributed by atoms with Crippen molar-refractivity contribution in [2.24, 2.45) is 0 Å². The summed E-state index contributed by atoms with van der Waals surface area (Å²) in [6.45, 7) is 2.70. The molecular formula is C22H20Cl3N5O3. The summed E-state index contributed by atoms with van der Waals surface area (Å²) in [7, 11) is 2.01. The number of carbonyl (C=O) groups is 1. The third kappa shape index (κ3) is 4.99. The molecule has 0 aliphatic carbocycles. The van der Waals surface area contributed by atoms with E-state index in [1.165, 1.54) is 12.1 Å². The number of nitrogens with one attached hydrogen (secondary N) is 1. The first kappa shape index (κ1) is 23.5. The maximum Gasteiger partial charge on any atom is 0.349 e. The van der Waals surface area contributed by atoms with Crippen molar-refractivity contribution in [1.29, 1.82) is 0 Å². The molecule has 1 aromatic heterocycles. The monoisotopic (exact) mass is 507 g/mol. The number of hydrogen-bond donors (Lipinski definition) is 1. The highest BCUT2D eigenvalue weighted by molar-refractivity contribution is 6.37. The van der Waals surface area contributed by atoms with Gasteiger partial charge >= 0.3 is 5.69 Å². The van der Waals surface area contributed by atoms with Crippen molar-refractivity contribution in [3.8, 4) is 5.69 Å². The number of hydrogen-bond acceptors (Lipinski definition) is 5. The van der Waals surface area contributed by atoms with Gasteiger partial charge in [-0.05, 0) is 36.9 Å². The molecule has 0 bridgehead atoms. The minimum absolute atomic E-state index is 0.124. The minimum Gasteiger partial charge on any atom is -0.339 e. The molecule has 2 aromatic carbocycles. The van der Waals surface area contributed by atoms with Gasteiger partial charge in [-0.15, -0.1) is 0 Å². The zero-order valence-electron chi connectivity index (χ0n) is 17.6. The van der Waals surface area contributed by atoms with Crippen LogP contribution in [-0.4, -0.2) is 63.7 Å². The quantitative estimate of drug-likeness (QED) is 0.585. The Morgan fingerprint density at radius 3 is 2.18 bits per heavy atom. The lowest BCUT2D eigenvalue weighted by Crippen LogP contribution is -2.48. The van der Waals surface area contributed by atoms with Crippen molar-refractivity contribution in [1.82, 2.24) is 24.6 Å². The van der Waals surface area contributed by atoms with Gasteiger partial charge in [-0.25, -0.2) is 4.79 Å². The van der Waals surface area contributed by atoms with Gasteiger partial charge in [0.2, 0.25) is 5.91 Å². The van der Waals surface area contributed by atoms with E-state index in [-0.39, 0.29) is 21.6 Å². The second-order valence-corrected chi connectivity index (χ2v) is 9.04. The van der Waals surface area contributed by atoms with Crippen molar-refractivity contribution >= 4 is 40.7 Å². The summed E-state index contributed by atoms with van der Waals surface area (Å²) in [6, 6.07) is 9.96. The van der Waals surface area contributed by atoms with Crippen molar-refractivity contribution in [2.45, 2.75) is 5.92 Å². The van der Waals surface area contributed by atoms with Gasteiger partial charge in [-0.1, -0.05) is 46.9 Å². The SMILES string of the molecule is CN1CCN(C(=O)C(c2ccc(Cl)cc2)c2c(Cl)cc(-n3ncc(=O)[nH]c3=O)cc2Cl)CC1. The van der Waals surface area contributed by atoms with E-state index in [0.29, 0.717) is 29.2 Å². The molecule has 2 heterocycles. The van der Waals surface area contributed by atoms with Gasteiger partial charge < -0.3 is 9.80 Å². The highest BCUT2D eigenvalue weighted by Crippen LogP contribution is 2.39. The Kier molecular flexibility index (Phi) is 6.90. The molecule has 1 N–H and O–H groups in total. The fraction of sp³-hybridized carbons (Fsp3) is 0.273. The second-order valence-electron chi connectivity index (χ2n) is 7.79. The predicted octanol–water partition coefficient (Wildman–Crippen LogP) is 2.79. The number of amides is 1. The van der Waals surface area contributed by atoms with Gasteiger partial charge in [0, 0.05) is 46.8 Å². The number of H-pyrrole nitrogens is 1. The molecule has 1 aliphatic heterocycles. The normalized spacial score (nSPS) is 15.5.